The molecule has 0 bridgehead atoms. The molecule has 60 heavy (non-hydrogen) atoms. The number of unbranched alkanes of at least 4 members (excludes halogenated alkanes) is 21. The van der Waals surface area contributed by atoms with E-state index in [1.54, 1.807) is 6.08 Å². The molecule has 0 aromatic carbocycles. The number of allylic oxidation sites excluding steroid dienone is 17. The second-order valence-electron chi connectivity index (χ2n) is 16.5. The zero-order valence-corrected chi connectivity index (χ0v) is 39.2. The molecule has 4 nitrogen and oxygen atoms in total. The van der Waals surface area contributed by atoms with Gasteiger partial charge in [0.15, 0.2) is 0 Å². The Morgan fingerprint density at radius 1 is 0.417 bits per heavy atom. The van der Waals surface area contributed by atoms with E-state index in [1.807, 2.05) is 6.08 Å². The fraction of sp³-hybridized carbons (Fsp3) is 0.661. The third kappa shape index (κ3) is 46.1. The van der Waals surface area contributed by atoms with E-state index in [0.717, 1.165) is 83.5 Å². The minimum absolute atomic E-state index is 0.0873. The molecule has 3 N–H and O–H groups in total. The number of amides is 1. The molecule has 2 unspecified atom stereocenters. The summed E-state index contributed by atoms with van der Waals surface area (Å²) in [7, 11) is 0. The number of aliphatic hydroxyl groups is 2. The van der Waals surface area contributed by atoms with Gasteiger partial charge in [0.1, 0.15) is 0 Å². The van der Waals surface area contributed by atoms with Gasteiger partial charge in [0, 0.05) is 6.42 Å². The van der Waals surface area contributed by atoms with Gasteiger partial charge in [-0.3, -0.25) is 4.79 Å². The van der Waals surface area contributed by atoms with Gasteiger partial charge in [-0.25, -0.2) is 0 Å². The second-order valence-corrected chi connectivity index (χ2v) is 16.5. The molecule has 0 aliphatic heterocycles. The Bertz CT molecular complexity index is 1170. The maximum absolute atomic E-state index is 12.4. The molecule has 1 amide bonds. The van der Waals surface area contributed by atoms with Crippen LogP contribution in [-0.4, -0.2) is 34.9 Å². The van der Waals surface area contributed by atoms with E-state index >= 15 is 0 Å². The molecular formula is C56H95NO3. The summed E-state index contributed by atoms with van der Waals surface area (Å²) in [5.41, 5.74) is 0. The van der Waals surface area contributed by atoms with Crippen molar-refractivity contribution >= 4 is 5.91 Å². The van der Waals surface area contributed by atoms with Crippen LogP contribution in [0.2, 0.25) is 0 Å². The van der Waals surface area contributed by atoms with Crippen LogP contribution in [0.1, 0.15) is 219 Å². The van der Waals surface area contributed by atoms with Crippen molar-refractivity contribution in [1.82, 2.24) is 5.32 Å². The molecule has 0 fully saturated rings. The van der Waals surface area contributed by atoms with Crippen LogP contribution in [0.3, 0.4) is 0 Å². The molecular weight excluding hydrogens is 735 g/mol. The Morgan fingerprint density at radius 2 is 0.750 bits per heavy atom. The molecule has 0 heterocycles. The minimum Gasteiger partial charge on any atom is -0.394 e. The molecule has 0 saturated carbocycles. The van der Waals surface area contributed by atoms with Gasteiger partial charge in [-0.1, -0.05) is 226 Å². The monoisotopic (exact) mass is 830 g/mol. The highest BCUT2D eigenvalue weighted by atomic mass is 16.3. The van der Waals surface area contributed by atoms with E-state index in [0.29, 0.717) is 6.42 Å². The quantitative estimate of drug-likeness (QED) is 0.0423. The summed E-state index contributed by atoms with van der Waals surface area (Å²) in [5.74, 6) is -0.0873. The second kappa shape index (κ2) is 50.4. The first-order valence-corrected chi connectivity index (χ1v) is 25.1. The minimum atomic E-state index is -0.879. The standard InChI is InChI=1S/C56H95NO3/c1-3-5-7-9-11-13-15-17-19-21-23-24-25-26-27-28-29-30-31-32-34-36-38-40-42-44-46-48-50-52-56(60)57-54(53-58)55(59)51-49-47-45-43-41-39-37-35-33-22-20-18-16-14-12-10-8-6-4-2/h5,7,11,13,17,19,23-24,26-27,29-30,33,35,41,43,49,51,54-55,58-59H,3-4,6,8-10,12,14-16,18,20-22,25,28,31-32,34,36-40,42,44-48,50,52-53H2,1-2H3,(H,57,60)/b7-5-,13-11-,19-17-,24-23-,27-26-,30-29-,35-33+,43-41+,51-49+. The third-order valence-corrected chi connectivity index (χ3v) is 10.7. The smallest absolute Gasteiger partial charge is 0.220 e. The molecule has 0 rings (SSSR count). The van der Waals surface area contributed by atoms with Crippen molar-refractivity contribution in [3.63, 3.8) is 0 Å². The third-order valence-electron chi connectivity index (χ3n) is 10.7. The summed E-state index contributed by atoms with van der Waals surface area (Å²) in [4.78, 5) is 12.4. The summed E-state index contributed by atoms with van der Waals surface area (Å²) < 4.78 is 0. The van der Waals surface area contributed by atoms with Crippen LogP contribution >= 0.6 is 0 Å². The highest BCUT2D eigenvalue weighted by Gasteiger charge is 2.17. The van der Waals surface area contributed by atoms with Crippen LogP contribution in [0.4, 0.5) is 0 Å². The number of rotatable bonds is 44. The largest absolute Gasteiger partial charge is 0.394 e. The molecule has 4 heteroatoms. The van der Waals surface area contributed by atoms with Gasteiger partial charge in [0.2, 0.25) is 5.91 Å². The molecule has 0 radical (unpaired) electrons. The topological polar surface area (TPSA) is 69.6 Å². The molecule has 0 aromatic rings. The van der Waals surface area contributed by atoms with E-state index in [1.165, 1.54) is 116 Å². The maximum Gasteiger partial charge on any atom is 0.220 e. The SMILES string of the molecule is CC/C=C\C/C=C\C/C=C\C/C=C\C/C=C\C/C=C\CCCCCCCCCCCCC(=O)NC(CO)C(O)/C=C/CC/C=C/CC/C=C/CCCCCCCCCCC. The lowest BCUT2D eigenvalue weighted by atomic mass is 10.0. The Balaban J connectivity index is 3.65. The van der Waals surface area contributed by atoms with E-state index in [-0.39, 0.29) is 12.5 Å². The van der Waals surface area contributed by atoms with Gasteiger partial charge in [0.25, 0.3) is 0 Å². The van der Waals surface area contributed by atoms with Gasteiger partial charge in [-0.15, -0.1) is 0 Å². The zero-order valence-electron chi connectivity index (χ0n) is 39.2. The number of carbonyl (C=O) groups excluding carboxylic acids is 1. The van der Waals surface area contributed by atoms with Crippen molar-refractivity contribution in [2.45, 2.75) is 231 Å². The normalized spacial score (nSPS) is 13.9. The first-order chi connectivity index (χ1) is 29.7. The fourth-order valence-electron chi connectivity index (χ4n) is 6.92. The molecule has 0 aromatic heterocycles. The highest BCUT2D eigenvalue weighted by Crippen LogP contribution is 2.14. The average molecular weight is 830 g/mol. The van der Waals surface area contributed by atoms with Gasteiger partial charge < -0.3 is 15.5 Å². The number of nitrogens with one attached hydrogen (secondary N) is 1. The fourth-order valence-corrected chi connectivity index (χ4v) is 6.92. The van der Waals surface area contributed by atoms with E-state index < -0.39 is 12.1 Å². The molecule has 0 aliphatic carbocycles. The molecule has 2 atom stereocenters. The van der Waals surface area contributed by atoms with Crippen LogP contribution in [0.15, 0.2) is 109 Å². The van der Waals surface area contributed by atoms with Gasteiger partial charge in [0.05, 0.1) is 18.8 Å². The molecule has 0 saturated heterocycles. The lowest BCUT2D eigenvalue weighted by Crippen LogP contribution is -2.45. The van der Waals surface area contributed by atoms with Gasteiger partial charge >= 0.3 is 0 Å². The van der Waals surface area contributed by atoms with Crippen LogP contribution in [0.25, 0.3) is 0 Å². The van der Waals surface area contributed by atoms with Crippen molar-refractivity contribution in [3.8, 4) is 0 Å². The Morgan fingerprint density at radius 3 is 1.17 bits per heavy atom. The van der Waals surface area contributed by atoms with Gasteiger partial charge in [-0.05, 0) is 96.3 Å². The highest BCUT2D eigenvalue weighted by molar-refractivity contribution is 5.76. The van der Waals surface area contributed by atoms with Crippen LogP contribution < -0.4 is 5.32 Å². The van der Waals surface area contributed by atoms with Crippen molar-refractivity contribution in [2.24, 2.45) is 0 Å². The Labute approximate surface area is 372 Å². The maximum atomic E-state index is 12.4. The Kier molecular flexibility index (Phi) is 47.9. The van der Waals surface area contributed by atoms with Crippen molar-refractivity contribution in [3.05, 3.63) is 109 Å². The first kappa shape index (κ1) is 57.1. The predicted octanol–water partition coefficient (Wildman–Crippen LogP) is 16.4. The van der Waals surface area contributed by atoms with Gasteiger partial charge in [-0.2, -0.15) is 0 Å². The summed E-state index contributed by atoms with van der Waals surface area (Å²) in [5, 5.41) is 23.1. The van der Waals surface area contributed by atoms with Crippen LogP contribution in [0, 0.1) is 0 Å². The number of aliphatic hydroxyl groups excluding tert-OH is 2. The summed E-state index contributed by atoms with van der Waals surface area (Å²) in [6.45, 7) is 4.17. The summed E-state index contributed by atoms with van der Waals surface area (Å²) in [6, 6.07) is -0.655. The van der Waals surface area contributed by atoms with E-state index in [9.17, 15) is 15.0 Å². The van der Waals surface area contributed by atoms with Crippen molar-refractivity contribution in [2.75, 3.05) is 6.61 Å². The lowest BCUT2D eigenvalue weighted by molar-refractivity contribution is -0.123. The van der Waals surface area contributed by atoms with Crippen LogP contribution in [-0.2, 0) is 4.79 Å². The predicted molar refractivity (Wildman–Crippen MR) is 266 cm³/mol. The number of hydrogen-bond donors (Lipinski definition) is 3. The number of hydrogen-bond acceptors (Lipinski definition) is 3. The van der Waals surface area contributed by atoms with Crippen LogP contribution in [0.5, 0.6) is 0 Å². The summed E-state index contributed by atoms with van der Waals surface area (Å²) in [6.07, 6.45) is 76.4. The first-order valence-electron chi connectivity index (χ1n) is 25.1. The average Bonchev–Trinajstić information content (AvgIpc) is 3.25. The van der Waals surface area contributed by atoms with E-state index in [4.69, 9.17) is 0 Å². The summed E-state index contributed by atoms with van der Waals surface area (Å²) >= 11 is 0. The molecule has 342 valence electrons. The Hall–Kier alpha value is -2.95. The van der Waals surface area contributed by atoms with Crippen molar-refractivity contribution < 1.29 is 15.0 Å². The molecule has 0 aliphatic rings. The van der Waals surface area contributed by atoms with Crippen molar-refractivity contribution in [1.29, 1.82) is 0 Å². The lowest BCUT2D eigenvalue weighted by Gasteiger charge is -2.19. The zero-order chi connectivity index (χ0) is 43.5. The van der Waals surface area contributed by atoms with E-state index in [2.05, 4.69) is 116 Å². The number of carbonyl (C=O) groups is 1. The molecule has 0 spiro atoms.